The highest BCUT2D eigenvalue weighted by atomic mass is 32.2. The van der Waals surface area contributed by atoms with Crippen molar-refractivity contribution in [3.8, 4) is 16.9 Å². The summed E-state index contributed by atoms with van der Waals surface area (Å²) < 4.78 is 30.3. The maximum atomic E-state index is 11.8. The highest BCUT2D eigenvalue weighted by Gasteiger charge is 2.19. The molecular formula is C17H15N3O4S. The molecule has 1 amide bonds. The Bertz CT molecular complexity index is 1100. The van der Waals surface area contributed by atoms with E-state index in [4.69, 9.17) is 4.74 Å². The number of aromatic nitrogens is 2. The number of carbonyl (C=O) groups excluding carboxylic acids is 1. The molecule has 0 fully saturated rings. The molecule has 0 bridgehead atoms. The molecule has 4 rings (SSSR count). The SMILES string of the molecule is CS(=O)(=O)n1ncc2cc(-c3cccc4c3OCCC(=O)N4)ccc21. The van der Waals surface area contributed by atoms with Gasteiger partial charge in [-0.2, -0.15) is 9.19 Å². The second-order valence-electron chi connectivity index (χ2n) is 5.85. The molecule has 2 aromatic carbocycles. The molecule has 0 spiro atoms. The van der Waals surface area contributed by atoms with Crippen LogP contribution >= 0.6 is 0 Å². The third kappa shape index (κ3) is 2.74. The summed E-state index contributed by atoms with van der Waals surface area (Å²) >= 11 is 0. The summed E-state index contributed by atoms with van der Waals surface area (Å²) in [5.41, 5.74) is 2.83. The minimum Gasteiger partial charge on any atom is -0.490 e. The first-order valence-electron chi connectivity index (χ1n) is 7.68. The van der Waals surface area contributed by atoms with Crippen LogP contribution in [0.1, 0.15) is 6.42 Å². The molecule has 1 aliphatic heterocycles. The standard InChI is InChI=1S/C17H15N3O4S/c1-25(22,23)20-15-6-5-11(9-12(15)10-18-20)13-3-2-4-14-17(13)24-8-7-16(21)19-14/h2-6,9-10H,7-8H2,1H3,(H,19,21). The van der Waals surface area contributed by atoms with Gasteiger partial charge in [-0.1, -0.05) is 18.2 Å². The summed E-state index contributed by atoms with van der Waals surface area (Å²) in [4.78, 5) is 11.7. The lowest BCUT2D eigenvalue weighted by atomic mass is 10.0. The summed E-state index contributed by atoms with van der Waals surface area (Å²) in [6.07, 6.45) is 2.93. The minimum absolute atomic E-state index is 0.0826. The summed E-state index contributed by atoms with van der Waals surface area (Å²) in [6.45, 7) is 0.310. The van der Waals surface area contributed by atoms with E-state index in [2.05, 4.69) is 10.4 Å². The van der Waals surface area contributed by atoms with Crippen molar-refractivity contribution in [2.75, 3.05) is 18.2 Å². The highest BCUT2D eigenvalue weighted by Crippen LogP contribution is 2.38. The van der Waals surface area contributed by atoms with Crippen molar-refractivity contribution in [1.82, 2.24) is 9.19 Å². The third-order valence-electron chi connectivity index (χ3n) is 4.03. The molecule has 0 unspecified atom stereocenters. The number of amides is 1. The fourth-order valence-corrected chi connectivity index (χ4v) is 3.66. The van der Waals surface area contributed by atoms with Crippen molar-refractivity contribution < 1.29 is 17.9 Å². The first kappa shape index (κ1) is 15.6. The van der Waals surface area contributed by atoms with E-state index in [0.29, 0.717) is 35.4 Å². The Morgan fingerprint density at radius 2 is 2.08 bits per heavy atom. The number of nitrogens with zero attached hydrogens (tertiary/aromatic N) is 2. The summed E-state index contributed by atoms with van der Waals surface area (Å²) in [6, 6.07) is 10.9. The smallest absolute Gasteiger partial charge is 0.251 e. The van der Waals surface area contributed by atoms with Gasteiger partial charge in [0.15, 0.2) is 5.75 Å². The number of hydrogen-bond acceptors (Lipinski definition) is 5. The second kappa shape index (κ2) is 5.59. The Balaban J connectivity index is 1.86. The van der Waals surface area contributed by atoms with Crippen LogP contribution < -0.4 is 10.1 Å². The molecule has 1 aromatic heterocycles. The van der Waals surface area contributed by atoms with Gasteiger partial charge in [0.25, 0.3) is 10.0 Å². The van der Waals surface area contributed by atoms with E-state index in [1.807, 2.05) is 24.3 Å². The predicted octanol–water partition coefficient (Wildman–Crippen LogP) is 2.23. The molecule has 7 nitrogen and oxygen atoms in total. The lowest BCUT2D eigenvalue weighted by molar-refractivity contribution is -0.116. The summed E-state index contributed by atoms with van der Waals surface area (Å²) in [5, 5.41) is 7.49. The zero-order valence-electron chi connectivity index (χ0n) is 13.4. The van der Waals surface area contributed by atoms with Crippen molar-refractivity contribution in [3.63, 3.8) is 0 Å². The molecule has 128 valence electrons. The highest BCUT2D eigenvalue weighted by molar-refractivity contribution is 7.89. The average molecular weight is 357 g/mol. The van der Waals surface area contributed by atoms with E-state index in [-0.39, 0.29) is 5.91 Å². The maximum Gasteiger partial charge on any atom is 0.251 e. The van der Waals surface area contributed by atoms with Crippen LogP contribution in [0.3, 0.4) is 0 Å². The van der Waals surface area contributed by atoms with Crippen LogP contribution in [0.2, 0.25) is 0 Å². The minimum atomic E-state index is -3.46. The van der Waals surface area contributed by atoms with Crippen molar-refractivity contribution in [3.05, 3.63) is 42.6 Å². The van der Waals surface area contributed by atoms with Gasteiger partial charge >= 0.3 is 0 Å². The molecule has 0 radical (unpaired) electrons. The largest absolute Gasteiger partial charge is 0.490 e. The van der Waals surface area contributed by atoms with E-state index < -0.39 is 10.0 Å². The molecule has 0 atom stereocenters. The molecule has 1 aliphatic rings. The van der Waals surface area contributed by atoms with Gasteiger partial charge < -0.3 is 10.1 Å². The summed E-state index contributed by atoms with van der Waals surface area (Å²) in [5.74, 6) is 0.531. The number of anilines is 1. The zero-order valence-corrected chi connectivity index (χ0v) is 14.2. The molecule has 0 saturated carbocycles. The van der Waals surface area contributed by atoms with Crippen LogP contribution in [0.15, 0.2) is 42.6 Å². The second-order valence-corrected chi connectivity index (χ2v) is 7.66. The van der Waals surface area contributed by atoms with Crippen LogP contribution in [0.25, 0.3) is 22.0 Å². The number of para-hydroxylation sites is 1. The number of fused-ring (bicyclic) bond motifs is 2. The lowest BCUT2D eigenvalue weighted by Gasteiger charge is -2.13. The van der Waals surface area contributed by atoms with Crippen LogP contribution in [-0.2, 0) is 14.8 Å². The molecule has 2 heterocycles. The number of carbonyl (C=O) groups is 1. The fraction of sp³-hybridized carbons (Fsp3) is 0.176. The van der Waals surface area contributed by atoms with Gasteiger partial charge in [0.05, 0.1) is 36.7 Å². The van der Waals surface area contributed by atoms with Gasteiger partial charge in [-0.25, -0.2) is 8.42 Å². The molecule has 8 heteroatoms. The van der Waals surface area contributed by atoms with E-state index >= 15 is 0 Å². The van der Waals surface area contributed by atoms with Crippen LogP contribution in [0.5, 0.6) is 5.75 Å². The van der Waals surface area contributed by atoms with Crippen molar-refractivity contribution in [1.29, 1.82) is 0 Å². The molecule has 0 aliphatic carbocycles. The van der Waals surface area contributed by atoms with Gasteiger partial charge in [-0.3, -0.25) is 4.79 Å². The Kier molecular flexibility index (Phi) is 3.50. The van der Waals surface area contributed by atoms with Crippen molar-refractivity contribution >= 4 is 32.5 Å². The number of nitrogens with one attached hydrogen (secondary N) is 1. The van der Waals surface area contributed by atoms with Gasteiger partial charge in [0.2, 0.25) is 5.91 Å². The first-order valence-corrected chi connectivity index (χ1v) is 9.53. The Morgan fingerprint density at radius 1 is 1.24 bits per heavy atom. The first-order chi connectivity index (χ1) is 11.9. The fourth-order valence-electron chi connectivity index (χ4n) is 2.92. The molecule has 3 aromatic rings. The van der Waals surface area contributed by atoms with E-state index in [1.54, 1.807) is 12.1 Å². The number of ether oxygens (including phenoxy) is 1. The van der Waals surface area contributed by atoms with Crippen molar-refractivity contribution in [2.45, 2.75) is 6.42 Å². The van der Waals surface area contributed by atoms with Gasteiger partial charge in [0, 0.05) is 10.9 Å². The lowest BCUT2D eigenvalue weighted by Crippen LogP contribution is -2.11. The summed E-state index contributed by atoms with van der Waals surface area (Å²) in [7, 11) is -3.46. The maximum absolute atomic E-state index is 11.8. The molecular weight excluding hydrogens is 342 g/mol. The third-order valence-corrected chi connectivity index (χ3v) is 4.94. The normalized spacial score (nSPS) is 14.5. The van der Waals surface area contributed by atoms with Crippen LogP contribution in [0, 0.1) is 0 Å². The van der Waals surface area contributed by atoms with Gasteiger partial charge in [-0.05, 0) is 23.8 Å². The van der Waals surface area contributed by atoms with E-state index in [1.165, 1.54) is 6.20 Å². The number of benzene rings is 2. The Morgan fingerprint density at radius 3 is 2.88 bits per heavy atom. The van der Waals surface area contributed by atoms with Crippen LogP contribution in [0.4, 0.5) is 5.69 Å². The predicted molar refractivity (Wildman–Crippen MR) is 94.2 cm³/mol. The van der Waals surface area contributed by atoms with E-state index in [9.17, 15) is 13.2 Å². The Hall–Kier alpha value is -2.87. The number of rotatable bonds is 2. The zero-order chi connectivity index (χ0) is 17.6. The number of hydrogen-bond donors (Lipinski definition) is 1. The Labute approximate surface area is 144 Å². The average Bonchev–Trinajstić information content (AvgIpc) is 2.89. The van der Waals surface area contributed by atoms with Gasteiger partial charge in [-0.15, -0.1) is 0 Å². The molecule has 25 heavy (non-hydrogen) atoms. The monoisotopic (exact) mass is 357 g/mol. The topological polar surface area (TPSA) is 90.3 Å². The quantitative estimate of drug-likeness (QED) is 0.759. The van der Waals surface area contributed by atoms with Gasteiger partial charge in [0.1, 0.15) is 0 Å². The van der Waals surface area contributed by atoms with E-state index in [0.717, 1.165) is 21.5 Å². The molecule has 1 N–H and O–H groups in total. The van der Waals surface area contributed by atoms with Crippen LogP contribution in [-0.4, -0.2) is 36.4 Å². The molecule has 0 saturated heterocycles. The van der Waals surface area contributed by atoms with Crippen molar-refractivity contribution in [2.24, 2.45) is 0 Å².